The molecule has 2 aliphatic rings. The molecule has 13 nitrogen and oxygen atoms in total. The van der Waals surface area contributed by atoms with Gasteiger partial charge in [-0.2, -0.15) is 4.52 Å². The Morgan fingerprint density at radius 1 is 0.756 bits per heavy atom. The Kier molecular flexibility index (Phi) is 6.71. The van der Waals surface area contributed by atoms with Gasteiger partial charge in [-0.15, -0.1) is 15.3 Å². The Bertz CT molecular complexity index is 1930. The zero-order valence-corrected chi connectivity index (χ0v) is 23.3. The smallest absolute Gasteiger partial charge is 0.199 e. The first-order valence-corrected chi connectivity index (χ1v) is 13.1. The fourth-order valence-electron chi connectivity index (χ4n) is 4.65. The topological polar surface area (TPSA) is 157 Å². The molecule has 6 aromatic heterocycles. The van der Waals surface area contributed by atoms with Crippen LogP contribution >= 0.6 is 0 Å². The molecule has 8 heterocycles. The van der Waals surface area contributed by atoms with Gasteiger partial charge in [-0.05, 0) is 58.9 Å². The van der Waals surface area contributed by atoms with Crippen LogP contribution in [0.15, 0.2) is 43.1 Å². The van der Waals surface area contributed by atoms with Gasteiger partial charge in [-0.1, -0.05) is 0 Å². The van der Waals surface area contributed by atoms with E-state index in [4.69, 9.17) is 13.9 Å². The van der Waals surface area contributed by atoms with E-state index < -0.39 is 0 Å². The van der Waals surface area contributed by atoms with Crippen molar-refractivity contribution in [2.24, 2.45) is 9.98 Å². The summed E-state index contributed by atoms with van der Waals surface area (Å²) in [5.41, 5.74) is 5.31. The van der Waals surface area contributed by atoms with Crippen LogP contribution in [0.3, 0.4) is 0 Å². The van der Waals surface area contributed by atoms with E-state index in [1.54, 1.807) is 11.4 Å². The minimum Gasteiger partial charge on any atom is -0.458 e. The molecule has 0 saturated carbocycles. The summed E-state index contributed by atoms with van der Waals surface area (Å²) < 4.78 is 15.0. The first kappa shape index (κ1) is 26.2. The van der Waals surface area contributed by atoms with E-state index in [0.29, 0.717) is 30.5 Å². The molecule has 41 heavy (non-hydrogen) atoms. The molecule has 0 fully saturated rings. The zero-order valence-electron chi connectivity index (χ0n) is 23.3. The Hall–Kier alpha value is -5.04. The molecule has 1 N–H and O–H groups in total. The molecule has 0 saturated heterocycles. The molecule has 2 aliphatic heterocycles. The molecule has 0 unspecified atom stereocenters. The molecule has 0 atom stereocenters. The summed E-state index contributed by atoms with van der Waals surface area (Å²) in [5, 5.41) is 20.3. The summed E-state index contributed by atoms with van der Waals surface area (Å²) in [7, 11) is 0. The first-order valence-electron chi connectivity index (χ1n) is 13.1. The van der Waals surface area contributed by atoms with Gasteiger partial charge < -0.3 is 13.9 Å². The Morgan fingerprint density at radius 3 is 1.90 bits per heavy atom. The lowest BCUT2D eigenvalue weighted by Crippen LogP contribution is -2.03. The zero-order chi connectivity index (χ0) is 28.7. The van der Waals surface area contributed by atoms with E-state index in [1.165, 1.54) is 0 Å². The second-order valence-corrected chi connectivity index (χ2v) is 9.47. The maximum atomic E-state index is 7.57. The summed E-state index contributed by atoms with van der Waals surface area (Å²) in [5.74, 6) is 6.02. The van der Waals surface area contributed by atoms with E-state index in [9.17, 15) is 0 Å². The summed E-state index contributed by atoms with van der Waals surface area (Å²) in [6, 6.07) is 7.65. The third kappa shape index (κ3) is 4.69. The predicted octanol–water partition coefficient (Wildman–Crippen LogP) is 3.87. The van der Waals surface area contributed by atoms with Crippen LogP contribution in [0.5, 0.6) is 0 Å². The third-order valence-electron chi connectivity index (χ3n) is 6.38. The van der Waals surface area contributed by atoms with Crippen molar-refractivity contribution in [2.45, 2.75) is 47.7 Å². The molecular formula is C28H28N10O3. The number of aliphatic hydroxyl groups is 1. The number of aromatic nitrogens is 8. The number of furan rings is 2. The van der Waals surface area contributed by atoms with Crippen LogP contribution in [-0.4, -0.2) is 63.3 Å². The monoisotopic (exact) mass is 552 g/mol. The van der Waals surface area contributed by atoms with E-state index in [1.807, 2.05) is 68.8 Å². The molecule has 0 radical (unpaired) electrons. The van der Waals surface area contributed by atoms with Crippen molar-refractivity contribution in [3.8, 4) is 23.2 Å². The van der Waals surface area contributed by atoms with E-state index in [0.717, 1.165) is 62.7 Å². The maximum absolute atomic E-state index is 7.57. The average molecular weight is 553 g/mol. The second-order valence-electron chi connectivity index (χ2n) is 9.47. The molecule has 0 bridgehead atoms. The lowest BCUT2D eigenvalue weighted by atomic mass is 10.2. The van der Waals surface area contributed by atoms with E-state index in [-0.39, 0.29) is 6.61 Å². The number of aliphatic hydroxyl groups excluding tert-OH is 1. The highest BCUT2D eigenvalue weighted by molar-refractivity contribution is 5.92. The van der Waals surface area contributed by atoms with Crippen LogP contribution in [0.2, 0.25) is 0 Å². The third-order valence-corrected chi connectivity index (χ3v) is 6.38. The van der Waals surface area contributed by atoms with E-state index >= 15 is 0 Å². The van der Waals surface area contributed by atoms with Crippen molar-refractivity contribution >= 4 is 23.7 Å². The highest BCUT2D eigenvalue weighted by Gasteiger charge is 2.22. The van der Waals surface area contributed by atoms with Crippen molar-refractivity contribution in [1.29, 1.82) is 0 Å². The standard InChI is InChI=1S/2C13H11N5O.C2H6O/c1-7-3-4-11(19-7)13-15-10-6-14-5-9(10)12-17-16-8(2)18(12)13;1-7-3-4-11(19-7)13-16-10-6-14-5-9(10)12-15-8(2)17-18(12)13;1-2-3/h2*3-5H,6H2,1-2H3;3H,2H2,1H3. The molecule has 8 rings (SSSR count). The van der Waals surface area contributed by atoms with Gasteiger partial charge in [-0.3, -0.25) is 14.4 Å². The number of hydrogen-bond donors (Lipinski definition) is 1. The van der Waals surface area contributed by atoms with Crippen LogP contribution < -0.4 is 0 Å². The molecule has 0 aromatic carbocycles. The highest BCUT2D eigenvalue weighted by atomic mass is 16.3. The van der Waals surface area contributed by atoms with Gasteiger partial charge in [0.05, 0.1) is 35.6 Å². The molecular weight excluding hydrogens is 524 g/mol. The van der Waals surface area contributed by atoms with Crippen molar-refractivity contribution in [3.05, 3.63) is 69.9 Å². The van der Waals surface area contributed by atoms with Crippen molar-refractivity contribution in [2.75, 3.05) is 6.61 Å². The van der Waals surface area contributed by atoms with Gasteiger partial charge in [0.25, 0.3) is 0 Å². The normalized spacial score (nSPS) is 12.8. The van der Waals surface area contributed by atoms with Gasteiger partial charge in [0.2, 0.25) is 0 Å². The first-order chi connectivity index (χ1) is 19.9. The van der Waals surface area contributed by atoms with Gasteiger partial charge in [0.15, 0.2) is 34.5 Å². The number of hydrogen-bond acceptors (Lipinski definition) is 11. The number of aliphatic imine (C=N–C) groups is 2. The quantitative estimate of drug-likeness (QED) is 0.337. The van der Waals surface area contributed by atoms with Crippen molar-refractivity contribution in [1.82, 2.24) is 39.2 Å². The highest BCUT2D eigenvalue weighted by Crippen LogP contribution is 2.27. The second kappa shape index (κ2) is 10.5. The molecule has 0 amide bonds. The molecule has 0 spiro atoms. The summed E-state index contributed by atoms with van der Waals surface area (Å²) in [6.45, 7) is 10.7. The largest absolute Gasteiger partial charge is 0.458 e. The Labute approximate surface area is 234 Å². The minimum atomic E-state index is 0.250. The number of fused-ring (bicyclic) bond motifs is 6. The number of rotatable bonds is 2. The van der Waals surface area contributed by atoms with Gasteiger partial charge in [-0.25, -0.2) is 15.0 Å². The average Bonchev–Trinajstić information content (AvgIpc) is 3.76. The number of aryl methyl sites for hydroxylation is 4. The summed E-state index contributed by atoms with van der Waals surface area (Å²) in [4.78, 5) is 22.2. The molecule has 13 heteroatoms. The fraction of sp³-hybridized carbons (Fsp3) is 0.286. The summed E-state index contributed by atoms with van der Waals surface area (Å²) in [6.07, 6.45) is 3.62. The molecule has 6 aromatic rings. The molecule has 0 aliphatic carbocycles. The van der Waals surface area contributed by atoms with Gasteiger partial charge >= 0.3 is 0 Å². The number of nitrogens with zero attached hydrogens (tertiary/aromatic N) is 10. The SMILES string of the molecule is CCO.Cc1ccc(-c2nc3c(c4nnc(C)n24)C=NC3)o1.Cc1nc2c3c(nc(-c4ccc(C)o4)n2n1)CN=C3. The van der Waals surface area contributed by atoms with Crippen LogP contribution in [0.1, 0.15) is 52.6 Å². The minimum absolute atomic E-state index is 0.250. The molecule has 208 valence electrons. The van der Waals surface area contributed by atoms with Crippen molar-refractivity contribution in [3.63, 3.8) is 0 Å². The Balaban J connectivity index is 0.000000135. The maximum Gasteiger partial charge on any atom is 0.199 e. The van der Waals surface area contributed by atoms with E-state index in [2.05, 4.69) is 40.2 Å². The van der Waals surface area contributed by atoms with Crippen LogP contribution in [0, 0.1) is 27.7 Å². The van der Waals surface area contributed by atoms with Gasteiger partial charge in [0, 0.05) is 19.0 Å². The fourth-order valence-corrected chi connectivity index (χ4v) is 4.65. The summed E-state index contributed by atoms with van der Waals surface area (Å²) >= 11 is 0. The van der Waals surface area contributed by atoms with Gasteiger partial charge in [0.1, 0.15) is 23.2 Å². The predicted molar refractivity (Wildman–Crippen MR) is 151 cm³/mol. The van der Waals surface area contributed by atoms with Crippen LogP contribution in [0.25, 0.3) is 34.5 Å². The lowest BCUT2D eigenvalue weighted by Gasteiger charge is -2.06. The van der Waals surface area contributed by atoms with Crippen molar-refractivity contribution < 1.29 is 13.9 Å². The lowest BCUT2D eigenvalue weighted by molar-refractivity contribution is 0.318. The Morgan fingerprint density at radius 2 is 1.32 bits per heavy atom. The van der Waals surface area contributed by atoms with Crippen LogP contribution in [0.4, 0.5) is 0 Å². The van der Waals surface area contributed by atoms with Crippen LogP contribution in [-0.2, 0) is 13.1 Å².